The zero-order valence-electron chi connectivity index (χ0n) is 15.6. The van der Waals surface area contributed by atoms with E-state index < -0.39 is 15.8 Å². The molecule has 0 saturated heterocycles. The Morgan fingerprint density at radius 3 is 2.36 bits per heavy atom. The molecular weight excluding hydrogens is 398 g/mol. The minimum atomic E-state index is -3.13. The van der Waals surface area contributed by atoms with Gasteiger partial charge in [-0.3, -0.25) is 4.79 Å². The number of hydrogen-bond acceptors (Lipinski definition) is 6. The van der Waals surface area contributed by atoms with Gasteiger partial charge in [-0.1, -0.05) is 30.3 Å². The van der Waals surface area contributed by atoms with Gasteiger partial charge < -0.3 is 10.1 Å². The topological polar surface area (TPSA) is 89.5 Å². The molecule has 0 heterocycles. The Hall–Kier alpha value is -2.32. The predicted octanol–water partition coefficient (Wildman–Crippen LogP) is 2.69. The summed E-state index contributed by atoms with van der Waals surface area (Å²) in [7, 11) is -3.13. The Labute approximate surface area is 169 Å². The maximum absolute atomic E-state index is 12.0. The number of rotatable bonds is 10. The van der Waals surface area contributed by atoms with Crippen LogP contribution in [0.2, 0.25) is 0 Å². The van der Waals surface area contributed by atoms with Crippen molar-refractivity contribution in [2.75, 3.05) is 25.2 Å². The van der Waals surface area contributed by atoms with E-state index >= 15 is 0 Å². The third-order valence-electron chi connectivity index (χ3n) is 3.61. The van der Waals surface area contributed by atoms with Gasteiger partial charge in [-0.15, -0.1) is 11.8 Å². The van der Waals surface area contributed by atoms with Crippen LogP contribution < -0.4 is 5.32 Å². The first-order valence-corrected chi connectivity index (χ1v) is 11.8. The van der Waals surface area contributed by atoms with E-state index in [9.17, 15) is 18.0 Å². The molecule has 1 N–H and O–H groups in total. The Kier molecular flexibility index (Phi) is 8.53. The normalized spacial score (nSPS) is 11.0. The number of thioether (sulfide) groups is 1. The number of amides is 1. The van der Waals surface area contributed by atoms with Gasteiger partial charge in [0.2, 0.25) is 0 Å². The first kappa shape index (κ1) is 22.0. The number of carbonyl (C=O) groups excluding carboxylic acids is 2. The summed E-state index contributed by atoms with van der Waals surface area (Å²) in [4.78, 5) is 24.9. The average Bonchev–Trinajstić information content (AvgIpc) is 2.66. The lowest BCUT2D eigenvalue weighted by Gasteiger charge is -2.07. The zero-order chi connectivity index (χ0) is 20.4. The average molecular weight is 422 g/mol. The minimum absolute atomic E-state index is 0.0900. The molecule has 2 aromatic rings. The largest absolute Gasteiger partial charge is 0.452 e. The molecular formula is C20H23NO5S2. The molecule has 0 fully saturated rings. The van der Waals surface area contributed by atoms with Gasteiger partial charge in [0.25, 0.3) is 5.91 Å². The highest BCUT2D eigenvalue weighted by atomic mass is 32.2. The number of sulfone groups is 1. The molecule has 0 aliphatic heterocycles. The van der Waals surface area contributed by atoms with Gasteiger partial charge in [0.05, 0.1) is 11.3 Å². The van der Waals surface area contributed by atoms with Crippen LogP contribution >= 0.6 is 11.8 Å². The van der Waals surface area contributed by atoms with Crippen LogP contribution in [0.25, 0.3) is 0 Å². The molecule has 0 bridgehead atoms. The number of hydrogen-bond donors (Lipinski definition) is 1. The van der Waals surface area contributed by atoms with Crippen molar-refractivity contribution in [3.05, 3.63) is 65.7 Å². The molecule has 0 spiro atoms. The van der Waals surface area contributed by atoms with Gasteiger partial charge in [0.1, 0.15) is 0 Å². The second kappa shape index (κ2) is 10.9. The van der Waals surface area contributed by atoms with Crippen molar-refractivity contribution in [2.45, 2.75) is 17.1 Å². The summed E-state index contributed by atoms with van der Waals surface area (Å²) in [5.74, 6) is -0.190. The van der Waals surface area contributed by atoms with E-state index in [4.69, 9.17) is 4.74 Å². The molecule has 2 aromatic carbocycles. The van der Waals surface area contributed by atoms with E-state index in [2.05, 4.69) is 5.32 Å². The van der Waals surface area contributed by atoms with Crippen LogP contribution in [0, 0.1) is 0 Å². The van der Waals surface area contributed by atoms with Crippen LogP contribution in [-0.4, -0.2) is 45.5 Å². The maximum atomic E-state index is 12.0. The molecule has 6 nitrogen and oxygen atoms in total. The third-order valence-corrected chi connectivity index (χ3v) is 5.56. The molecule has 2 rings (SSSR count). The first-order valence-electron chi connectivity index (χ1n) is 8.72. The summed E-state index contributed by atoms with van der Waals surface area (Å²) in [6.45, 7) is 0.159. The second-order valence-electron chi connectivity index (χ2n) is 6.21. The first-order chi connectivity index (χ1) is 13.3. The van der Waals surface area contributed by atoms with E-state index in [1.165, 1.54) is 17.0 Å². The van der Waals surface area contributed by atoms with E-state index in [0.29, 0.717) is 12.1 Å². The molecule has 0 radical (unpaired) electrons. The molecule has 0 saturated carbocycles. The van der Waals surface area contributed by atoms with Crippen molar-refractivity contribution in [1.82, 2.24) is 5.32 Å². The Morgan fingerprint density at radius 2 is 1.71 bits per heavy atom. The number of esters is 1. The third kappa shape index (κ3) is 8.58. The van der Waals surface area contributed by atoms with E-state index in [1.807, 2.05) is 30.3 Å². The van der Waals surface area contributed by atoms with Crippen LogP contribution in [0.1, 0.15) is 22.3 Å². The molecule has 28 heavy (non-hydrogen) atoms. The molecule has 0 atom stereocenters. The van der Waals surface area contributed by atoms with Crippen molar-refractivity contribution in [3.63, 3.8) is 0 Å². The molecule has 8 heteroatoms. The van der Waals surface area contributed by atoms with Gasteiger partial charge in [-0.05, 0) is 42.0 Å². The van der Waals surface area contributed by atoms with E-state index in [1.54, 1.807) is 23.9 Å². The summed E-state index contributed by atoms with van der Waals surface area (Å²) in [6.07, 6.45) is 1.95. The second-order valence-corrected chi connectivity index (χ2v) is 9.52. The standard InChI is InChI=1S/C20H23NO5S2/c1-28(24,25)15-16-8-10-17(11-9-16)20(23)26-14-19(22)21-12-5-13-27-18-6-3-2-4-7-18/h2-4,6-11H,5,12-15H2,1H3,(H,21,22). The molecule has 0 aliphatic rings. The molecule has 150 valence electrons. The number of ether oxygens (including phenoxy) is 1. The number of carbonyl (C=O) groups is 2. The summed E-state index contributed by atoms with van der Waals surface area (Å²) in [5, 5.41) is 2.71. The highest BCUT2D eigenvalue weighted by Crippen LogP contribution is 2.17. The van der Waals surface area contributed by atoms with Gasteiger partial charge in [-0.2, -0.15) is 0 Å². The zero-order valence-corrected chi connectivity index (χ0v) is 17.2. The monoisotopic (exact) mass is 421 g/mol. The molecule has 0 aliphatic carbocycles. The minimum Gasteiger partial charge on any atom is -0.452 e. The molecule has 0 unspecified atom stereocenters. The lowest BCUT2D eigenvalue weighted by Crippen LogP contribution is -2.29. The van der Waals surface area contributed by atoms with E-state index in [-0.39, 0.29) is 23.8 Å². The van der Waals surface area contributed by atoms with Gasteiger partial charge in [0, 0.05) is 17.7 Å². The lowest BCUT2D eigenvalue weighted by molar-refractivity contribution is -0.124. The van der Waals surface area contributed by atoms with Crippen molar-refractivity contribution in [3.8, 4) is 0 Å². The maximum Gasteiger partial charge on any atom is 0.338 e. The highest BCUT2D eigenvalue weighted by Gasteiger charge is 2.11. The predicted molar refractivity (Wildman–Crippen MR) is 110 cm³/mol. The van der Waals surface area contributed by atoms with Crippen molar-refractivity contribution < 1.29 is 22.7 Å². The highest BCUT2D eigenvalue weighted by molar-refractivity contribution is 7.99. The summed E-state index contributed by atoms with van der Waals surface area (Å²) in [6, 6.07) is 16.1. The summed E-state index contributed by atoms with van der Waals surface area (Å²) in [5.41, 5.74) is 0.856. The summed E-state index contributed by atoms with van der Waals surface area (Å²) >= 11 is 1.72. The fraction of sp³-hybridized carbons (Fsp3) is 0.300. The van der Waals surface area contributed by atoms with Gasteiger partial charge in [-0.25, -0.2) is 13.2 Å². The smallest absolute Gasteiger partial charge is 0.338 e. The molecule has 1 amide bonds. The fourth-order valence-electron chi connectivity index (χ4n) is 2.31. The van der Waals surface area contributed by atoms with Crippen LogP contribution in [0.3, 0.4) is 0 Å². The van der Waals surface area contributed by atoms with Crippen molar-refractivity contribution in [2.24, 2.45) is 0 Å². The van der Waals surface area contributed by atoms with Gasteiger partial charge in [0.15, 0.2) is 16.4 Å². The van der Waals surface area contributed by atoms with Crippen LogP contribution in [0.4, 0.5) is 0 Å². The Balaban J connectivity index is 1.64. The summed E-state index contributed by atoms with van der Waals surface area (Å²) < 4.78 is 27.5. The van der Waals surface area contributed by atoms with Crippen molar-refractivity contribution in [1.29, 1.82) is 0 Å². The number of benzene rings is 2. The fourth-order valence-corrected chi connectivity index (χ4v) is 3.98. The quantitative estimate of drug-likeness (QED) is 0.360. The van der Waals surface area contributed by atoms with Crippen LogP contribution in [0.5, 0.6) is 0 Å². The van der Waals surface area contributed by atoms with E-state index in [0.717, 1.165) is 18.4 Å². The van der Waals surface area contributed by atoms with Crippen LogP contribution in [0.15, 0.2) is 59.5 Å². The Morgan fingerprint density at radius 1 is 1.04 bits per heavy atom. The van der Waals surface area contributed by atoms with Crippen LogP contribution in [-0.2, 0) is 25.1 Å². The Bertz CT molecular complexity index is 881. The van der Waals surface area contributed by atoms with Gasteiger partial charge >= 0.3 is 5.97 Å². The SMILES string of the molecule is CS(=O)(=O)Cc1ccc(C(=O)OCC(=O)NCCCSc2ccccc2)cc1. The number of nitrogens with one attached hydrogen (secondary N) is 1. The van der Waals surface area contributed by atoms with Crippen molar-refractivity contribution >= 4 is 33.5 Å². The lowest BCUT2D eigenvalue weighted by atomic mass is 10.1. The molecule has 0 aromatic heterocycles.